The first-order valence-corrected chi connectivity index (χ1v) is 8.05. The zero-order chi connectivity index (χ0) is 17.1. The maximum atomic E-state index is 12.1. The quantitative estimate of drug-likeness (QED) is 0.737. The van der Waals surface area contributed by atoms with E-state index in [4.69, 9.17) is 5.11 Å². The van der Waals surface area contributed by atoms with Crippen LogP contribution in [0.15, 0.2) is 36.7 Å². The highest BCUT2D eigenvalue weighted by Gasteiger charge is 2.15. The summed E-state index contributed by atoms with van der Waals surface area (Å²) < 4.78 is 1.11. The van der Waals surface area contributed by atoms with E-state index in [0.29, 0.717) is 6.54 Å². The molecule has 0 fully saturated rings. The van der Waals surface area contributed by atoms with Gasteiger partial charge in [-0.25, -0.2) is 19.7 Å². The Kier molecular flexibility index (Phi) is 4.48. The van der Waals surface area contributed by atoms with Crippen molar-refractivity contribution in [2.75, 3.05) is 6.54 Å². The minimum Gasteiger partial charge on any atom is -0.476 e. The number of rotatable bonds is 5. The Morgan fingerprint density at radius 1 is 1.21 bits per heavy atom. The third-order valence-corrected chi connectivity index (χ3v) is 4.67. The van der Waals surface area contributed by atoms with Gasteiger partial charge in [-0.3, -0.25) is 4.79 Å². The molecular formula is C16H14N4O3S. The summed E-state index contributed by atoms with van der Waals surface area (Å²) in [5.41, 5.74) is 0.830. The van der Waals surface area contributed by atoms with Crippen LogP contribution in [-0.2, 0) is 0 Å². The molecule has 24 heavy (non-hydrogen) atoms. The van der Waals surface area contributed by atoms with E-state index in [9.17, 15) is 9.59 Å². The molecule has 3 rings (SSSR count). The fourth-order valence-electron chi connectivity index (χ4n) is 2.08. The van der Waals surface area contributed by atoms with Crippen molar-refractivity contribution in [2.24, 2.45) is 0 Å². The van der Waals surface area contributed by atoms with Crippen LogP contribution in [0.25, 0.3) is 10.2 Å². The maximum absolute atomic E-state index is 12.1. The Hall–Kier alpha value is -2.87. The second kappa shape index (κ2) is 6.71. The topological polar surface area (TPSA) is 105 Å². The summed E-state index contributed by atoms with van der Waals surface area (Å²) in [6, 6.07) is 7.88. The number of amides is 1. The molecule has 2 heterocycles. The zero-order valence-corrected chi connectivity index (χ0v) is 13.6. The average Bonchev–Trinajstić information content (AvgIpc) is 3.03. The highest BCUT2D eigenvalue weighted by Crippen LogP contribution is 2.26. The number of carboxylic acids is 1. The molecule has 1 atom stereocenters. The lowest BCUT2D eigenvalue weighted by Gasteiger charge is -2.09. The summed E-state index contributed by atoms with van der Waals surface area (Å²) in [6.07, 6.45) is 2.22. The van der Waals surface area contributed by atoms with Crippen LogP contribution in [0.2, 0.25) is 0 Å². The number of aromatic carboxylic acids is 1. The second-order valence-corrected chi connectivity index (χ2v) is 6.29. The van der Waals surface area contributed by atoms with Gasteiger partial charge < -0.3 is 10.4 Å². The second-order valence-electron chi connectivity index (χ2n) is 5.22. The van der Waals surface area contributed by atoms with Crippen LogP contribution < -0.4 is 5.32 Å². The zero-order valence-electron chi connectivity index (χ0n) is 12.8. The number of benzene rings is 1. The first-order chi connectivity index (χ1) is 11.5. The van der Waals surface area contributed by atoms with Crippen LogP contribution >= 0.6 is 11.3 Å². The van der Waals surface area contributed by atoms with Crippen molar-refractivity contribution in [3.05, 3.63) is 53.1 Å². The minimum atomic E-state index is -1.18. The number of para-hydroxylation sites is 1. The van der Waals surface area contributed by atoms with Crippen LogP contribution in [-0.4, -0.2) is 38.5 Å². The molecule has 2 aromatic heterocycles. The van der Waals surface area contributed by atoms with Crippen LogP contribution in [0.1, 0.15) is 38.8 Å². The Labute approximate surface area is 141 Å². The van der Waals surface area contributed by atoms with E-state index >= 15 is 0 Å². The van der Waals surface area contributed by atoms with Crippen LogP contribution in [0, 0.1) is 0 Å². The van der Waals surface area contributed by atoms with Gasteiger partial charge in [-0.2, -0.15) is 0 Å². The van der Waals surface area contributed by atoms with Gasteiger partial charge in [-0.05, 0) is 12.1 Å². The Morgan fingerprint density at radius 2 is 1.92 bits per heavy atom. The number of carboxylic acid groups (broad SMARTS) is 1. The molecule has 0 bridgehead atoms. The summed E-state index contributed by atoms with van der Waals surface area (Å²) >= 11 is 1.60. The summed E-state index contributed by atoms with van der Waals surface area (Å²) in [5, 5.41) is 12.5. The minimum absolute atomic E-state index is 0.0533. The number of thiazole rings is 1. The third kappa shape index (κ3) is 3.38. The number of hydrogen-bond acceptors (Lipinski definition) is 6. The number of carbonyl (C=O) groups is 2. The summed E-state index contributed by atoms with van der Waals surface area (Å²) in [4.78, 5) is 34.8. The first kappa shape index (κ1) is 16.0. The normalized spacial score (nSPS) is 12.0. The highest BCUT2D eigenvalue weighted by atomic mass is 32.1. The van der Waals surface area contributed by atoms with E-state index in [2.05, 4.69) is 20.3 Å². The summed E-state index contributed by atoms with van der Waals surface area (Å²) in [5.74, 6) is -1.52. The van der Waals surface area contributed by atoms with Crippen molar-refractivity contribution in [3.63, 3.8) is 0 Å². The van der Waals surface area contributed by atoms with E-state index in [0.717, 1.165) is 27.6 Å². The van der Waals surface area contributed by atoms with Gasteiger partial charge in [0, 0.05) is 12.5 Å². The molecular weight excluding hydrogens is 328 g/mol. The number of hydrogen-bond donors (Lipinski definition) is 2. The van der Waals surface area contributed by atoms with Crippen molar-refractivity contribution < 1.29 is 14.7 Å². The Bertz CT molecular complexity index is 859. The SMILES string of the molecule is CC(CNC(=O)c1cnc(C(=O)O)cn1)c1nc2ccccc2s1. The van der Waals surface area contributed by atoms with E-state index in [1.165, 1.54) is 0 Å². The van der Waals surface area contributed by atoms with Crippen molar-refractivity contribution in [3.8, 4) is 0 Å². The molecule has 122 valence electrons. The van der Waals surface area contributed by atoms with E-state index < -0.39 is 11.9 Å². The van der Waals surface area contributed by atoms with Gasteiger partial charge in [0.15, 0.2) is 5.69 Å². The molecule has 1 aromatic carbocycles. The Balaban J connectivity index is 1.63. The average molecular weight is 342 g/mol. The number of nitrogens with zero attached hydrogens (tertiary/aromatic N) is 3. The lowest BCUT2D eigenvalue weighted by Crippen LogP contribution is -2.28. The van der Waals surface area contributed by atoms with Crippen molar-refractivity contribution >= 4 is 33.4 Å². The number of carbonyl (C=O) groups excluding carboxylic acids is 1. The lowest BCUT2D eigenvalue weighted by atomic mass is 10.2. The van der Waals surface area contributed by atoms with Crippen molar-refractivity contribution in [1.29, 1.82) is 0 Å². The summed E-state index contributed by atoms with van der Waals surface area (Å²) in [6.45, 7) is 2.39. The molecule has 8 heteroatoms. The molecule has 1 amide bonds. The number of nitrogens with one attached hydrogen (secondary N) is 1. The molecule has 0 aliphatic rings. The smallest absolute Gasteiger partial charge is 0.356 e. The van der Waals surface area contributed by atoms with Gasteiger partial charge in [0.25, 0.3) is 5.91 Å². The van der Waals surface area contributed by atoms with Gasteiger partial charge >= 0.3 is 5.97 Å². The van der Waals surface area contributed by atoms with Crippen LogP contribution in [0.5, 0.6) is 0 Å². The molecule has 0 saturated carbocycles. The molecule has 1 unspecified atom stereocenters. The lowest BCUT2D eigenvalue weighted by molar-refractivity contribution is 0.0689. The van der Waals surface area contributed by atoms with Crippen molar-refractivity contribution in [1.82, 2.24) is 20.3 Å². The molecule has 0 radical (unpaired) electrons. The van der Waals surface area contributed by atoms with E-state index in [-0.39, 0.29) is 17.3 Å². The van der Waals surface area contributed by atoms with Gasteiger partial charge in [0.05, 0.1) is 27.6 Å². The maximum Gasteiger partial charge on any atom is 0.356 e. The molecule has 7 nitrogen and oxygen atoms in total. The third-order valence-electron chi connectivity index (χ3n) is 3.40. The van der Waals surface area contributed by atoms with Gasteiger partial charge in [-0.1, -0.05) is 19.1 Å². The van der Waals surface area contributed by atoms with E-state index in [1.54, 1.807) is 11.3 Å². The molecule has 3 aromatic rings. The monoisotopic (exact) mass is 342 g/mol. The number of fused-ring (bicyclic) bond motifs is 1. The van der Waals surface area contributed by atoms with Crippen LogP contribution in [0.4, 0.5) is 0 Å². The highest BCUT2D eigenvalue weighted by molar-refractivity contribution is 7.18. The van der Waals surface area contributed by atoms with Crippen LogP contribution in [0.3, 0.4) is 0 Å². The van der Waals surface area contributed by atoms with E-state index in [1.807, 2.05) is 31.2 Å². The molecule has 0 aliphatic carbocycles. The standard InChI is InChI=1S/C16H14N4O3S/c1-9(15-20-10-4-2-3-5-13(10)24-15)6-19-14(21)11-7-18-12(8-17-11)16(22)23/h2-5,7-9H,6H2,1H3,(H,19,21)(H,22,23). The van der Waals surface area contributed by atoms with Gasteiger partial charge in [0.2, 0.25) is 0 Å². The number of aromatic nitrogens is 3. The summed E-state index contributed by atoms with van der Waals surface area (Å²) in [7, 11) is 0. The van der Waals surface area contributed by atoms with Gasteiger partial charge in [-0.15, -0.1) is 11.3 Å². The molecule has 0 spiro atoms. The first-order valence-electron chi connectivity index (χ1n) is 7.23. The fraction of sp³-hybridized carbons (Fsp3) is 0.188. The molecule has 0 aliphatic heterocycles. The molecule has 0 saturated heterocycles. The molecule has 2 N–H and O–H groups in total. The largest absolute Gasteiger partial charge is 0.476 e. The Morgan fingerprint density at radius 3 is 2.58 bits per heavy atom. The predicted molar refractivity (Wildman–Crippen MR) is 89.4 cm³/mol. The predicted octanol–water partition coefficient (Wildman–Crippen LogP) is 2.32. The van der Waals surface area contributed by atoms with Gasteiger partial charge in [0.1, 0.15) is 5.69 Å². The fourth-order valence-corrected chi connectivity index (χ4v) is 3.10. The van der Waals surface area contributed by atoms with Crippen molar-refractivity contribution in [2.45, 2.75) is 12.8 Å².